The summed E-state index contributed by atoms with van der Waals surface area (Å²) in [4.78, 5) is 53.1. The van der Waals surface area contributed by atoms with Gasteiger partial charge in [0.1, 0.15) is 39.5 Å². The molecule has 1 fully saturated rings. The molecule has 3 heterocycles. The van der Waals surface area contributed by atoms with E-state index in [1.54, 1.807) is 24.8 Å². The number of nitrogens with one attached hydrogen (secondary N) is 1. The number of carbonyl (C=O) groups excluding carboxylic acids is 2. The molecule has 0 amide bonds. The third kappa shape index (κ3) is 6.46. The second-order valence-electron chi connectivity index (χ2n) is 12.3. The highest BCUT2D eigenvalue weighted by Crippen LogP contribution is 2.41. The molecule has 0 saturated heterocycles. The minimum Gasteiger partial charge on any atom is -0.496 e. The van der Waals surface area contributed by atoms with Crippen molar-refractivity contribution in [3.63, 3.8) is 0 Å². The summed E-state index contributed by atoms with van der Waals surface area (Å²) in [5.41, 5.74) is 4.65. The minimum absolute atomic E-state index is 0.00675. The number of nitrogens with zero attached hydrogens (tertiary/aromatic N) is 3. The van der Waals surface area contributed by atoms with Crippen molar-refractivity contribution < 1.29 is 29.0 Å². The number of ether oxygens (including phenoxy) is 2. The van der Waals surface area contributed by atoms with Gasteiger partial charge in [0.05, 0.1) is 25.1 Å². The fraction of sp³-hybridized carbons (Fsp3) is 0.429. The van der Waals surface area contributed by atoms with Gasteiger partial charge in [-0.1, -0.05) is 6.92 Å². The maximum absolute atomic E-state index is 13.3. The molecule has 3 aromatic rings. The van der Waals surface area contributed by atoms with Gasteiger partial charge in [-0.3, -0.25) is 24.7 Å². The van der Waals surface area contributed by atoms with Crippen LogP contribution >= 0.6 is 11.3 Å². The van der Waals surface area contributed by atoms with Gasteiger partial charge in [0.25, 0.3) is 0 Å². The average molecular weight is 641 g/mol. The van der Waals surface area contributed by atoms with Crippen LogP contribution in [-0.4, -0.2) is 58.7 Å². The summed E-state index contributed by atoms with van der Waals surface area (Å²) in [5.74, 6) is 0.0798. The van der Waals surface area contributed by atoms with E-state index < -0.39 is 30.0 Å². The summed E-state index contributed by atoms with van der Waals surface area (Å²) < 4.78 is 12.4. The van der Waals surface area contributed by atoms with E-state index in [-0.39, 0.29) is 36.9 Å². The quantitative estimate of drug-likeness (QED) is 0.353. The Hall–Kier alpha value is -4.40. The zero-order chi connectivity index (χ0) is 32.5. The highest BCUT2D eigenvalue weighted by atomic mass is 32.1. The Morgan fingerprint density at radius 3 is 2.76 bits per heavy atom. The van der Waals surface area contributed by atoms with Gasteiger partial charge in [0.15, 0.2) is 6.23 Å². The number of terminal acetylenes is 1. The Labute approximate surface area is 271 Å². The van der Waals surface area contributed by atoms with Crippen LogP contribution in [0.2, 0.25) is 0 Å². The van der Waals surface area contributed by atoms with Crippen molar-refractivity contribution in [1.82, 2.24) is 15.3 Å². The largest absolute Gasteiger partial charge is 0.496 e. The second-order valence-corrected chi connectivity index (χ2v) is 13.2. The number of aromatic nitrogens is 2. The Bertz CT molecular complexity index is 1820. The molecule has 0 bridgehead atoms. The first kappa shape index (κ1) is 31.6. The zero-order valence-electron chi connectivity index (χ0n) is 26.0. The molecule has 1 aromatic carbocycles. The van der Waals surface area contributed by atoms with Crippen LogP contribution in [0.3, 0.4) is 0 Å². The molecular formula is C35H36N4O6S. The second kappa shape index (κ2) is 13.1. The van der Waals surface area contributed by atoms with Crippen LogP contribution in [0, 0.1) is 42.9 Å². The number of aryl methyl sites for hydroxylation is 1. The van der Waals surface area contributed by atoms with Crippen molar-refractivity contribution in [2.24, 2.45) is 28.7 Å². The van der Waals surface area contributed by atoms with Crippen LogP contribution in [0.5, 0.6) is 11.5 Å². The molecule has 5 atom stereocenters. The van der Waals surface area contributed by atoms with E-state index in [0.29, 0.717) is 38.8 Å². The third-order valence-electron chi connectivity index (χ3n) is 9.28. The minimum atomic E-state index is -1.06. The zero-order valence-corrected chi connectivity index (χ0v) is 26.9. The SMILES string of the molecule is C#Cc1csc(-c2cc(O[C@@H]3NCC(=O)C(C)CCCC4=C(C4)/N=C\[C@H]4C3CC(=O)C[C@H]4C(=O)O)c3ccc(OC)c(C)c3n2)n1. The first-order valence-corrected chi connectivity index (χ1v) is 16.4. The van der Waals surface area contributed by atoms with Gasteiger partial charge in [-0.25, -0.2) is 9.97 Å². The number of hydrogen-bond acceptors (Lipinski definition) is 10. The standard InChI is InChI=1S/C35H36N4O6S/c1-5-21-17-46-34(38-21)28-14-31(23-9-10-30(44-4)19(3)32(23)39-28)45-33-24-12-22(40)13-25(35(42)43)26(24)15-36-27-11-20(27)8-6-7-18(2)29(41)16-37-33/h1,9-10,14-15,17-18,24-26,33,37H,6-8,11-13,16H2,2-4H3,(H,42,43)/b36-15-/t18?,24?,25-,26+,33+/m1/s1. The number of aliphatic imine (C=N–C) groups is 1. The predicted molar refractivity (Wildman–Crippen MR) is 175 cm³/mol. The van der Waals surface area contributed by atoms with Crippen molar-refractivity contribution in [3.05, 3.63) is 46.1 Å². The van der Waals surface area contributed by atoms with Gasteiger partial charge >= 0.3 is 5.97 Å². The van der Waals surface area contributed by atoms with Crippen LogP contribution in [0.1, 0.15) is 56.7 Å². The van der Waals surface area contributed by atoms with Crippen molar-refractivity contribution >= 4 is 46.0 Å². The van der Waals surface area contributed by atoms with E-state index in [2.05, 4.69) is 16.2 Å². The van der Waals surface area contributed by atoms with Crippen LogP contribution < -0.4 is 14.8 Å². The normalized spacial score (nSPS) is 26.0. The summed E-state index contributed by atoms with van der Waals surface area (Å²) in [5, 5.41) is 16.6. The Kier molecular flexibility index (Phi) is 9.02. The van der Waals surface area contributed by atoms with E-state index in [4.69, 9.17) is 25.9 Å². The molecule has 2 aromatic heterocycles. The lowest BCUT2D eigenvalue weighted by atomic mass is 9.71. The molecule has 1 saturated carbocycles. The first-order chi connectivity index (χ1) is 22.2. The number of benzene rings is 1. The van der Waals surface area contributed by atoms with Gasteiger partial charge in [-0.15, -0.1) is 17.8 Å². The molecule has 2 unspecified atom stereocenters. The fourth-order valence-corrected chi connectivity index (χ4v) is 7.20. The molecule has 6 rings (SSSR count). The Balaban J connectivity index is 1.47. The molecule has 46 heavy (non-hydrogen) atoms. The molecule has 11 heteroatoms. The average Bonchev–Trinajstić information content (AvgIpc) is 3.61. The molecule has 2 aliphatic carbocycles. The smallest absolute Gasteiger partial charge is 0.307 e. The third-order valence-corrected chi connectivity index (χ3v) is 10.1. The summed E-state index contributed by atoms with van der Waals surface area (Å²) in [6.07, 6.45) is 9.69. The maximum atomic E-state index is 13.3. The molecule has 10 nitrogen and oxygen atoms in total. The number of rotatable bonds is 5. The highest BCUT2D eigenvalue weighted by molar-refractivity contribution is 7.13. The summed E-state index contributed by atoms with van der Waals surface area (Å²) in [6, 6.07) is 5.46. The van der Waals surface area contributed by atoms with Gasteiger partial charge < -0.3 is 14.6 Å². The van der Waals surface area contributed by atoms with Crippen LogP contribution in [0.15, 0.2) is 39.8 Å². The molecular weight excluding hydrogens is 604 g/mol. The molecule has 238 valence electrons. The number of allylic oxidation sites excluding steroid dienone is 2. The Morgan fingerprint density at radius 2 is 2.02 bits per heavy atom. The van der Waals surface area contributed by atoms with Gasteiger partial charge in [-0.05, 0) is 49.8 Å². The summed E-state index contributed by atoms with van der Waals surface area (Å²) >= 11 is 1.36. The Morgan fingerprint density at radius 1 is 1.20 bits per heavy atom. The topological polar surface area (TPSA) is 140 Å². The van der Waals surface area contributed by atoms with Crippen molar-refractivity contribution in [2.75, 3.05) is 13.7 Å². The molecule has 2 N–H and O–H groups in total. The number of ketones is 2. The lowest BCUT2D eigenvalue weighted by molar-refractivity contribution is -0.149. The lowest BCUT2D eigenvalue weighted by Crippen LogP contribution is -2.52. The van der Waals surface area contributed by atoms with Gasteiger partial charge in [0, 0.05) is 71.3 Å². The van der Waals surface area contributed by atoms with Crippen LogP contribution in [0.4, 0.5) is 0 Å². The van der Waals surface area contributed by atoms with Crippen molar-refractivity contribution in [3.8, 4) is 34.5 Å². The highest BCUT2D eigenvalue weighted by Gasteiger charge is 2.45. The number of aliphatic carboxylic acids is 1. The number of thiazole rings is 1. The molecule has 0 radical (unpaired) electrons. The number of Topliss-reactive ketones (excluding diaryl/α,β-unsaturated/α-hetero) is 2. The molecule has 1 aliphatic heterocycles. The van der Waals surface area contributed by atoms with E-state index in [1.807, 2.05) is 26.0 Å². The number of fused-ring (bicyclic) bond motifs is 2. The van der Waals surface area contributed by atoms with E-state index >= 15 is 0 Å². The molecule has 3 aliphatic rings. The van der Waals surface area contributed by atoms with E-state index in [1.165, 1.54) is 16.9 Å². The predicted octanol–water partition coefficient (Wildman–Crippen LogP) is 5.36. The number of hydrogen-bond donors (Lipinski definition) is 2. The number of carboxylic acid groups (broad SMARTS) is 1. The number of carboxylic acids is 1. The first-order valence-electron chi connectivity index (χ1n) is 15.5. The van der Waals surface area contributed by atoms with Crippen LogP contribution in [0.25, 0.3) is 21.6 Å². The number of carbonyl (C=O) groups is 3. The fourth-order valence-electron chi connectivity index (χ4n) is 6.48. The molecule has 0 spiro atoms. The van der Waals surface area contributed by atoms with Crippen molar-refractivity contribution in [1.29, 1.82) is 0 Å². The summed E-state index contributed by atoms with van der Waals surface area (Å²) in [7, 11) is 1.59. The maximum Gasteiger partial charge on any atom is 0.307 e. The van der Waals surface area contributed by atoms with Gasteiger partial charge in [-0.2, -0.15) is 0 Å². The van der Waals surface area contributed by atoms with E-state index in [9.17, 15) is 19.5 Å². The summed E-state index contributed by atoms with van der Waals surface area (Å²) in [6.45, 7) is 3.84. The van der Waals surface area contributed by atoms with E-state index in [0.717, 1.165) is 36.9 Å². The van der Waals surface area contributed by atoms with Crippen molar-refractivity contribution in [2.45, 2.75) is 58.6 Å². The monoisotopic (exact) mass is 640 g/mol. The van der Waals surface area contributed by atoms with Crippen LogP contribution in [-0.2, 0) is 14.4 Å². The lowest BCUT2D eigenvalue weighted by Gasteiger charge is -2.38. The van der Waals surface area contributed by atoms with Gasteiger partial charge in [0.2, 0.25) is 0 Å². The number of methoxy groups -OCH3 is 1. The number of pyridine rings is 1.